The smallest absolute Gasteiger partial charge is 0.349 e. The number of carbonyl (C=O) groups excluding carboxylic acids is 2. The van der Waals surface area contributed by atoms with Crippen LogP contribution in [0, 0.1) is 6.92 Å². The average molecular weight is 321 g/mol. The number of carbonyl (C=O) groups is 2. The summed E-state index contributed by atoms with van der Waals surface area (Å²) in [6.07, 6.45) is 0. The molecule has 0 bridgehead atoms. The van der Waals surface area contributed by atoms with Gasteiger partial charge in [-0.25, -0.2) is 4.79 Å². The fourth-order valence-electron chi connectivity index (χ4n) is 2.32. The Morgan fingerprint density at radius 2 is 1.67 bits per heavy atom. The fourth-order valence-corrected chi connectivity index (χ4v) is 2.32. The molecule has 0 saturated heterocycles. The minimum atomic E-state index is -0.553. The second kappa shape index (κ2) is 6.50. The lowest BCUT2D eigenvalue weighted by Gasteiger charge is -2.05. The first kappa shape index (κ1) is 15.7. The highest BCUT2D eigenvalue weighted by Gasteiger charge is 2.23. The first-order valence-corrected chi connectivity index (χ1v) is 7.41. The summed E-state index contributed by atoms with van der Waals surface area (Å²) in [6.45, 7) is 3.14. The topological polar surface area (TPSA) is 69.4 Å². The van der Waals surface area contributed by atoms with E-state index >= 15 is 0 Å². The summed E-state index contributed by atoms with van der Waals surface area (Å²) in [5, 5.41) is 3.97. The highest BCUT2D eigenvalue weighted by atomic mass is 16.5. The van der Waals surface area contributed by atoms with Crippen molar-refractivity contribution in [1.29, 1.82) is 0 Å². The molecule has 24 heavy (non-hydrogen) atoms. The zero-order valence-electron chi connectivity index (χ0n) is 13.3. The maximum Gasteiger partial charge on any atom is 0.349 e. The van der Waals surface area contributed by atoms with Gasteiger partial charge in [-0.1, -0.05) is 35.5 Å². The summed E-state index contributed by atoms with van der Waals surface area (Å²) < 4.78 is 10.6. The summed E-state index contributed by atoms with van der Waals surface area (Å²) in [6, 6.07) is 15.7. The molecular formula is C19H15NO4. The molecule has 1 heterocycles. The average Bonchev–Trinajstić information content (AvgIpc) is 2.98. The Morgan fingerprint density at radius 1 is 1.00 bits per heavy atom. The maximum absolute atomic E-state index is 12.5. The van der Waals surface area contributed by atoms with Gasteiger partial charge < -0.3 is 9.26 Å². The predicted octanol–water partition coefficient (Wildman–Crippen LogP) is 4.07. The van der Waals surface area contributed by atoms with Gasteiger partial charge in [-0.3, -0.25) is 4.79 Å². The number of esters is 1. The molecule has 5 heteroatoms. The second-order valence-corrected chi connectivity index (χ2v) is 5.30. The van der Waals surface area contributed by atoms with Gasteiger partial charge in [-0.05, 0) is 38.1 Å². The van der Waals surface area contributed by atoms with Crippen LogP contribution >= 0.6 is 0 Å². The molecule has 3 aromatic rings. The van der Waals surface area contributed by atoms with Crippen molar-refractivity contribution in [2.75, 3.05) is 0 Å². The number of hydrogen-bond donors (Lipinski definition) is 0. The zero-order valence-corrected chi connectivity index (χ0v) is 13.3. The van der Waals surface area contributed by atoms with Gasteiger partial charge in [0.15, 0.2) is 5.78 Å². The Balaban J connectivity index is 1.88. The Labute approximate surface area is 138 Å². The van der Waals surface area contributed by atoms with Crippen LogP contribution in [0.25, 0.3) is 11.3 Å². The predicted molar refractivity (Wildman–Crippen MR) is 88.1 cm³/mol. The van der Waals surface area contributed by atoms with Crippen LogP contribution in [0.3, 0.4) is 0 Å². The van der Waals surface area contributed by atoms with Crippen molar-refractivity contribution in [2.45, 2.75) is 13.8 Å². The minimum Gasteiger partial charge on any atom is -0.423 e. The molecule has 120 valence electrons. The first-order chi connectivity index (χ1) is 11.6. The standard InChI is InChI=1S/C19H15NO4/c1-12(21)14-8-10-16(11-9-14)23-19(22)17-13(2)24-20-18(17)15-6-4-3-5-7-15/h3-11H,1-2H3. The summed E-state index contributed by atoms with van der Waals surface area (Å²) in [5.74, 6) is 0.140. The van der Waals surface area contributed by atoms with Crippen molar-refractivity contribution >= 4 is 11.8 Å². The normalized spacial score (nSPS) is 10.4. The molecule has 1 aromatic heterocycles. The van der Waals surface area contributed by atoms with E-state index in [2.05, 4.69) is 5.16 Å². The summed E-state index contributed by atoms with van der Waals surface area (Å²) in [5.41, 5.74) is 2.06. The third kappa shape index (κ3) is 3.10. The van der Waals surface area contributed by atoms with Gasteiger partial charge in [0.25, 0.3) is 0 Å². The quantitative estimate of drug-likeness (QED) is 0.411. The summed E-state index contributed by atoms with van der Waals surface area (Å²) in [4.78, 5) is 23.8. The molecule has 0 amide bonds. The van der Waals surface area contributed by atoms with Crippen molar-refractivity contribution < 1.29 is 18.8 Å². The molecule has 0 radical (unpaired) electrons. The monoisotopic (exact) mass is 321 g/mol. The van der Waals surface area contributed by atoms with Gasteiger partial charge in [0, 0.05) is 11.1 Å². The van der Waals surface area contributed by atoms with Gasteiger partial charge in [-0.15, -0.1) is 0 Å². The lowest BCUT2D eigenvalue weighted by Crippen LogP contribution is -2.10. The molecule has 0 aliphatic heterocycles. The SMILES string of the molecule is CC(=O)c1ccc(OC(=O)c2c(-c3ccccc3)noc2C)cc1. The number of ketones is 1. The highest BCUT2D eigenvalue weighted by Crippen LogP contribution is 2.26. The van der Waals surface area contributed by atoms with Crippen LogP contribution in [-0.4, -0.2) is 16.9 Å². The van der Waals surface area contributed by atoms with Crippen molar-refractivity contribution in [3.05, 3.63) is 71.5 Å². The van der Waals surface area contributed by atoms with Crippen LogP contribution in [0.15, 0.2) is 59.1 Å². The number of nitrogens with zero attached hydrogens (tertiary/aromatic N) is 1. The van der Waals surface area contributed by atoms with Gasteiger partial charge in [0.05, 0.1) is 0 Å². The summed E-state index contributed by atoms with van der Waals surface area (Å²) in [7, 11) is 0. The number of aryl methyl sites for hydroxylation is 1. The number of benzene rings is 2. The Morgan fingerprint density at radius 3 is 2.29 bits per heavy atom. The van der Waals surface area contributed by atoms with Crippen LogP contribution in [0.4, 0.5) is 0 Å². The third-order valence-electron chi connectivity index (χ3n) is 3.59. The van der Waals surface area contributed by atoms with E-state index in [9.17, 15) is 9.59 Å². The Kier molecular flexibility index (Phi) is 4.24. The number of ether oxygens (including phenoxy) is 1. The van der Waals surface area contributed by atoms with E-state index in [4.69, 9.17) is 9.26 Å². The van der Waals surface area contributed by atoms with E-state index < -0.39 is 5.97 Å². The number of Topliss-reactive ketones (excluding diaryl/α,β-unsaturated/α-hetero) is 1. The number of rotatable bonds is 4. The molecule has 3 rings (SSSR count). The summed E-state index contributed by atoms with van der Waals surface area (Å²) >= 11 is 0. The highest BCUT2D eigenvalue weighted by molar-refractivity contribution is 5.98. The number of hydrogen-bond acceptors (Lipinski definition) is 5. The van der Waals surface area contributed by atoms with Crippen molar-refractivity contribution in [1.82, 2.24) is 5.16 Å². The zero-order chi connectivity index (χ0) is 17.1. The van der Waals surface area contributed by atoms with Crippen LogP contribution in [-0.2, 0) is 0 Å². The molecule has 0 fully saturated rings. The molecule has 0 aliphatic rings. The molecule has 0 aliphatic carbocycles. The Hall–Kier alpha value is -3.21. The fraction of sp³-hybridized carbons (Fsp3) is 0.105. The van der Waals surface area contributed by atoms with Gasteiger partial charge in [-0.2, -0.15) is 0 Å². The Bertz CT molecular complexity index is 879. The van der Waals surface area contributed by atoms with Crippen LogP contribution < -0.4 is 4.74 Å². The first-order valence-electron chi connectivity index (χ1n) is 7.41. The van der Waals surface area contributed by atoms with E-state index in [1.165, 1.54) is 6.92 Å². The van der Waals surface area contributed by atoms with E-state index in [1.807, 2.05) is 30.3 Å². The van der Waals surface area contributed by atoms with E-state index in [-0.39, 0.29) is 11.3 Å². The molecule has 0 saturated carbocycles. The molecule has 0 atom stereocenters. The number of aromatic nitrogens is 1. The van der Waals surface area contributed by atoms with E-state index in [0.717, 1.165) is 5.56 Å². The van der Waals surface area contributed by atoms with E-state index in [1.54, 1.807) is 31.2 Å². The van der Waals surface area contributed by atoms with Crippen LogP contribution in [0.1, 0.15) is 33.4 Å². The lowest BCUT2D eigenvalue weighted by molar-refractivity contribution is 0.0733. The minimum absolute atomic E-state index is 0.0471. The molecule has 5 nitrogen and oxygen atoms in total. The lowest BCUT2D eigenvalue weighted by atomic mass is 10.1. The van der Waals surface area contributed by atoms with Crippen molar-refractivity contribution in [2.24, 2.45) is 0 Å². The van der Waals surface area contributed by atoms with Gasteiger partial charge in [0.1, 0.15) is 22.8 Å². The van der Waals surface area contributed by atoms with Gasteiger partial charge >= 0.3 is 5.97 Å². The van der Waals surface area contributed by atoms with E-state index in [0.29, 0.717) is 22.8 Å². The second-order valence-electron chi connectivity index (χ2n) is 5.30. The molecular weight excluding hydrogens is 306 g/mol. The molecule has 0 spiro atoms. The third-order valence-corrected chi connectivity index (χ3v) is 3.59. The molecule has 2 aromatic carbocycles. The maximum atomic E-state index is 12.5. The van der Waals surface area contributed by atoms with Gasteiger partial charge in [0.2, 0.25) is 0 Å². The van der Waals surface area contributed by atoms with Crippen molar-refractivity contribution in [3.8, 4) is 17.0 Å². The van der Waals surface area contributed by atoms with Crippen LogP contribution in [0.2, 0.25) is 0 Å². The van der Waals surface area contributed by atoms with Crippen molar-refractivity contribution in [3.63, 3.8) is 0 Å². The largest absolute Gasteiger partial charge is 0.423 e. The van der Waals surface area contributed by atoms with Crippen LogP contribution in [0.5, 0.6) is 5.75 Å². The molecule has 0 N–H and O–H groups in total. The molecule has 0 unspecified atom stereocenters.